The molecule has 0 atom stereocenters. The summed E-state index contributed by atoms with van der Waals surface area (Å²) in [5.74, 6) is 1.13. The Morgan fingerprint density at radius 3 is 2.27 bits per heavy atom. The minimum atomic E-state index is -3.57. The molecule has 0 spiro atoms. The van der Waals surface area contributed by atoms with Crippen molar-refractivity contribution in [1.82, 2.24) is 0 Å². The fourth-order valence-electron chi connectivity index (χ4n) is 1.83. The van der Waals surface area contributed by atoms with E-state index in [1.807, 2.05) is 6.07 Å². The molecule has 6 heteroatoms. The summed E-state index contributed by atoms with van der Waals surface area (Å²) in [4.78, 5) is 0. The first-order valence-electron chi connectivity index (χ1n) is 6.52. The molecule has 0 amide bonds. The molecule has 0 aliphatic rings. The monoisotopic (exact) mass is 319 g/mol. The highest BCUT2D eigenvalue weighted by Crippen LogP contribution is 2.28. The zero-order valence-corrected chi connectivity index (χ0v) is 13.1. The summed E-state index contributed by atoms with van der Waals surface area (Å²) in [5, 5.41) is 1.11. The Morgan fingerprint density at radius 2 is 1.64 bits per heavy atom. The second-order valence-electron chi connectivity index (χ2n) is 4.43. The second-order valence-corrected chi connectivity index (χ2v) is 6.00. The van der Waals surface area contributed by atoms with E-state index < -0.39 is 10.0 Å². The molecule has 116 valence electrons. The van der Waals surface area contributed by atoms with E-state index in [0.29, 0.717) is 22.7 Å². The first kappa shape index (κ1) is 15.9. The number of methoxy groups -OCH3 is 2. The number of benzene rings is 2. The molecule has 0 saturated carbocycles. The molecule has 2 aromatic rings. The van der Waals surface area contributed by atoms with Gasteiger partial charge in [0.2, 0.25) is 0 Å². The zero-order valence-electron chi connectivity index (χ0n) is 12.3. The Bertz CT molecular complexity index is 755. The first-order valence-corrected chi connectivity index (χ1v) is 8.06. The molecule has 0 bridgehead atoms. The standard InChI is InChI=1S/C16H17NO4S/c1-20-15-9-8-13(12-16(15)21-2)10-11-22(18,19)17-14-6-4-3-5-7-14/h3-12,17H,1-2H3/b11-10+. The molecule has 22 heavy (non-hydrogen) atoms. The van der Waals surface area contributed by atoms with E-state index in [-0.39, 0.29) is 0 Å². The number of sulfonamides is 1. The maximum atomic E-state index is 12.0. The summed E-state index contributed by atoms with van der Waals surface area (Å²) in [6.45, 7) is 0. The molecule has 0 fully saturated rings. The van der Waals surface area contributed by atoms with Crippen LogP contribution in [0.2, 0.25) is 0 Å². The lowest BCUT2D eigenvalue weighted by molar-refractivity contribution is 0.355. The highest BCUT2D eigenvalue weighted by atomic mass is 32.2. The first-order chi connectivity index (χ1) is 10.5. The Balaban J connectivity index is 2.17. The largest absolute Gasteiger partial charge is 0.493 e. The van der Waals surface area contributed by atoms with E-state index in [4.69, 9.17) is 9.47 Å². The van der Waals surface area contributed by atoms with Crippen LogP contribution in [0, 0.1) is 0 Å². The predicted molar refractivity (Wildman–Crippen MR) is 87.6 cm³/mol. The van der Waals surface area contributed by atoms with Crippen LogP contribution >= 0.6 is 0 Å². The summed E-state index contributed by atoms with van der Waals surface area (Å²) < 4.78 is 36.8. The van der Waals surface area contributed by atoms with Gasteiger partial charge in [0.05, 0.1) is 19.6 Å². The van der Waals surface area contributed by atoms with Gasteiger partial charge in [-0.05, 0) is 35.9 Å². The van der Waals surface area contributed by atoms with Crippen molar-refractivity contribution in [3.05, 3.63) is 59.5 Å². The van der Waals surface area contributed by atoms with Crippen molar-refractivity contribution >= 4 is 21.8 Å². The van der Waals surface area contributed by atoms with Crippen LogP contribution in [0.5, 0.6) is 11.5 Å². The number of hydrogen-bond acceptors (Lipinski definition) is 4. The number of nitrogens with one attached hydrogen (secondary N) is 1. The Labute approximate surface area is 130 Å². The van der Waals surface area contributed by atoms with E-state index in [1.165, 1.54) is 13.2 Å². The summed E-state index contributed by atoms with van der Waals surface area (Å²) in [6, 6.07) is 13.9. The number of rotatable bonds is 6. The van der Waals surface area contributed by atoms with E-state index >= 15 is 0 Å². The number of ether oxygens (including phenoxy) is 2. The summed E-state index contributed by atoms with van der Waals surface area (Å²) >= 11 is 0. The van der Waals surface area contributed by atoms with Crippen molar-refractivity contribution in [3.8, 4) is 11.5 Å². The highest BCUT2D eigenvalue weighted by Gasteiger charge is 2.06. The average Bonchev–Trinajstić information content (AvgIpc) is 2.53. The molecule has 5 nitrogen and oxygen atoms in total. The minimum absolute atomic E-state index is 0.513. The van der Waals surface area contributed by atoms with Crippen molar-refractivity contribution in [2.75, 3.05) is 18.9 Å². The number of para-hydroxylation sites is 1. The maximum Gasteiger partial charge on any atom is 0.255 e. The summed E-state index contributed by atoms with van der Waals surface area (Å²) in [6.07, 6.45) is 1.49. The van der Waals surface area contributed by atoms with Crippen molar-refractivity contribution < 1.29 is 17.9 Å². The number of hydrogen-bond donors (Lipinski definition) is 1. The lowest BCUT2D eigenvalue weighted by Crippen LogP contribution is -2.08. The van der Waals surface area contributed by atoms with Gasteiger partial charge in [-0.15, -0.1) is 0 Å². The fraction of sp³-hybridized carbons (Fsp3) is 0.125. The van der Waals surface area contributed by atoms with Crippen LogP contribution < -0.4 is 14.2 Å². The van der Waals surface area contributed by atoms with E-state index in [2.05, 4.69) is 4.72 Å². The van der Waals surface area contributed by atoms with E-state index in [1.54, 1.807) is 49.6 Å². The highest BCUT2D eigenvalue weighted by molar-refractivity contribution is 7.95. The SMILES string of the molecule is COc1ccc(/C=C/S(=O)(=O)Nc2ccccc2)cc1OC. The third kappa shape index (κ3) is 4.26. The molecule has 0 radical (unpaired) electrons. The van der Waals surface area contributed by atoms with Gasteiger partial charge in [-0.1, -0.05) is 24.3 Å². The molecule has 2 aromatic carbocycles. The van der Waals surface area contributed by atoms with Crippen molar-refractivity contribution in [2.24, 2.45) is 0 Å². The third-order valence-corrected chi connectivity index (χ3v) is 3.90. The minimum Gasteiger partial charge on any atom is -0.493 e. The van der Waals surface area contributed by atoms with Gasteiger partial charge >= 0.3 is 0 Å². The zero-order chi connectivity index (χ0) is 16.0. The molecular weight excluding hydrogens is 302 g/mol. The van der Waals surface area contributed by atoms with Gasteiger partial charge in [-0.2, -0.15) is 0 Å². The van der Waals surface area contributed by atoms with Gasteiger partial charge in [0.15, 0.2) is 11.5 Å². The smallest absolute Gasteiger partial charge is 0.255 e. The Hall–Kier alpha value is -2.47. The van der Waals surface area contributed by atoms with Gasteiger partial charge in [-0.25, -0.2) is 8.42 Å². The Kier molecular flexibility index (Phi) is 5.06. The summed E-state index contributed by atoms with van der Waals surface area (Å²) in [5.41, 5.74) is 1.20. The average molecular weight is 319 g/mol. The molecule has 0 aromatic heterocycles. The molecule has 0 aliphatic carbocycles. The molecule has 1 N–H and O–H groups in total. The van der Waals surface area contributed by atoms with Crippen molar-refractivity contribution in [1.29, 1.82) is 0 Å². The molecule has 0 heterocycles. The van der Waals surface area contributed by atoms with Crippen LogP contribution in [0.3, 0.4) is 0 Å². The predicted octanol–water partition coefficient (Wildman–Crippen LogP) is 3.12. The van der Waals surface area contributed by atoms with Crippen LogP contribution in [-0.2, 0) is 10.0 Å². The molecule has 0 aliphatic heterocycles. The summed E-state index contributed by atoms with van der Waals surface area (Å²) in [7, 11) is -0.501. The molecule has 0 saturated heterocycles. The fourth-order valence-corrected chi connectivity index (χ4v) is 2.70. The molecule has 2 rings (SSSR count). The van der Waals surface area contributed by atoms with E-state index in [9.17, 15) is 8.42 Å². The van der Waals surface area contributed by atoms with E-state index in [0.717, 1.165) is 5.41 Å². The van der Waals surface area contributed by atoms with Crippen LogP contribution in [0.4, 0.5) is 5.69 Å². The van der Waals surface area contributed by atoms with Gasteiger partial charge in [0.1, 0.15) is 0 Å². The van der Waals surface area contributed by atoms with Gasteiger partial charge in [0.25, 0.3) is 10.0 Å². The normalized spacial score (nSPS) is 11.4. The third-order valence-electron chi connectivity index (χ3n) is 2.88. The quantitative estimate of drug-likeness (QED) is 0.888. The topological polar surface area (TPSA) is 64.6 Å². The lowest BCUT2D eigenvalue weighted by Gasteiger charge is -2.08. The Morgan fingerprint density at radius 1 is 0.955 bits per heavy atom. The maximum absolute atomic E-state index is 12.0. The lowest BCUT2D eigenvalue weighted by atomic mass is 10.2. The van der Waals surface area contributed by atoms with Crippen LogP contribution in [0.1, 0.15) is 5.56 Å². The van der Waals surface area contributed by atoms with Gasteiger partial charge < -0.3 is 9.47 Å². The molecular formula is C16H17NO4S. The van der Waals surface area contributed by atoms with Gasteiger partial charge in [-0.3, -0.25) is 4.72 Å². The molecule has 0 unspecified atom stereocenters. The van der Waals surface area contributed by atoms with Crippen molar-refractivity contribution in [3.63, 3.8) is 0 Å². The van der Waals surface area contributed by atoms with Crippen LogP contribution in [0.15, 0.2) is 53.9 Å². The van der Waals surface area contributed by atoms with Crippen molar-refractivity contribution in [2.45, 2.75) is 0 Å². The van der Waals surface area contributed by atoms with Gasteiger partial charge in [0, 0.05) is 5.69 Å². The number of anilines is 1. The van der Waals surface area contributed by atoms with Crippen LogP contribution in [0.25, 0.3) is 6.08 Å². The second kappa shape index (κ2) is 7.00. The van der Waals surface area contributed by atoms with Crippen LogP contribution in [-0.4, -0.2) is 22.6 Å².